The molecule has 0 aliphatic heterocycles. The van der Waals surface area contributed by atoms with Crippen LogP contribution in [0.15, 0.2) is 46.9 Å². The molecule has 4 rings (SSSR count). The zero-order valence-electron chi connectivity index (χ0n) is 15.5. The van der Waals surface area contributed by atoms with E-state index in [9.17, 15) is 14.9 Å². The van der Waals surface area contributed by atoms with Crippen LogP contribution in [0.4, 0.5) is 5.69 Å². The fraction of sp³-hybridized carbons (Fsp3) is 0.250. The van der Waals surface area contributed by atoms with E-state index in [1.54, 1.807) is 42.2 Å². The molecule has 1 amide bonds. The van der Waals surface area contributed by atoms with Crippen molar-refractivity contribution in [3.8, 4) is 11.5 Å². The minimum absolute atomic E-state index is 0.0542. The molecule has 0 saturated heterocycles. The van der Waals surface area contributed by atoms with Gasteiger partial charge in [0.15, 0.2) is 0 Å². The van der Waals surface area contributed by atoms with Gasteiger partial charge in [0.05, 0.1) is 22.1 Å². The zero-order valence-corrected chi connectivity index (χ0v) is 16.3. The van der Waals surface area contributed by atoms with Gasteiger partial charge in [-0.25, -0.2) is 0 Å². The van der Waals surface area contributed by atoms with E-state index >= 15 is 0 Å². The maximum absolute atomic E-state index is 13.0. The molecule has 3 aromatic rings. The van der Waals surface area contributed by atoms with E-state index in [-0.39, 0.29) is 41.5 Å². The van der Waals surface area contributed by atoms with Gasteiger partial charge >= 0.3 is 0 Å². The van der Waals surface area contributed by atoms with Crippen molar-refractivity contribution in [2.24, 2.45) is 0 Å². The lowest BCUT2D eigenvalue weighted by molar-refractivity contribution is -0.385. The Kier molecular flexibility index (Phi) is 5.02. The third-order valence-corrected chi connectivity index (χ3v) is 5.11. The molecule has 0 N–H and O–H groups in total. The molecule has 148 valence electrons. The maximum Gasteiger partial charge on any atom is 0.273 e. The number of halogens is 1. The van der Waals surface area contributed by atoms with Crippen molar-refractivity contribution in [3.63, 3.8) is 0 Å². The van der Waals surface area contributed by atoms with Crippen LogP contribution in [0.2, 0.25) is 5.02 Å². The smallest absolute Gasteiger partial charge is 0.273 e. The third kappa shape index (κ3) is 3.97. The molecular formula is C20H17ClN4O4. The molecule has 8 nitrogen and oxygen atoms in total. The van der Waals surface area contributed by atoms with E-state index in [1.807, 2.05) is 6.07 Å². The van der Waals surface area contributed by atoms with Gasteiger partial charge in [-0.3, -0.25) is 14.9 Å². The molecule has 1 aliphatic rings. The normalized spacial score (nSPS) is 13.3. The summed E-state index contributed by atoms with van der Waals surface area (Å²) in [6.07, 6.45) is 1.73. The number of carbonyl (C=O) groups is 1. The lowest BCUT2D eigenvalue weighted by Crippen LogP contribution is -2.32. The molecule has 0 radical (unpaired) electrons. The average Bonchev–Trinajstić information content (AvgIpc) is 3.44. The summed E-state index contributed by atoms with van der Waals surface area (Å²) in [7, 11) is 0. The Morgan fingerprint density at radius 1 is 1.28 bits per heavy atom. The molecule has 0 bridgehead atoms. The number of aryl methyl sites for hydroxylation is 1. The summed E-state index contributed by atoms with van der Waals surface area (Å²) < 4.78 is 5.72. The topological polar surface area (TPSA) is 102 Å². The van der Waals surface area contributed by atoms with Crippen molar-refractivity contribution in [1.82, 2.24) is 15.1 Å². The van der Waals surface area contributed by atoms with E-state index in [1.165, 1.54) is 6.07 Å². The van der Waals surface area contributed by atoms with Crippen molar-refractivity contribution in [2.45, 2.75) is 32.4 Å². The van der Waals surface area contributed by atoms with Crippen LogP contribution >= 0.6 is 11.6 Å². The quantitative estimate of drug-likeness (QED) is 0.439. The Morgan fingerprint density at radius 3 is 2.72 bits per heavy atom. The van der Waals surface area contributed by atoms with Gasteiger partial charge < -0.3 is 9.32 Å². The van der Waals surface area contributed by atoms with Crippen LogP contribution in [0.25, 0.3) is 11.5 Å². The summed E-state index contributed by atoms with van der Waals surface area (Å²) in [5, 5.41) is 19.8. The SMILES string of the molecule is Cc1ccc(C(=O)N(Cc2nnc(-c3ccccc3Cl)o2)C2CC2)cc1[N+](=O)[O-]. The van der Waals surface area contributed by atoms with E-state index in [4.69, 9.17) is 16.0 Å². The first kappa shape index (κ1) is 19.1. The minimum Gasteiger partial charge on any atom is -0.419 e. The largest absolute Gasteiger partial charge is 0.419 e. The van der Waals surface area contributed by atoms with Crippen LogP contribution < -0.4 is 0 Å². The Morgan fingerprint density at radius 2 is 2.03 bits per heavy atom. The molecule has 9 heteroatoms. The number of benzene rings is 2. The summed E-state index contributed by atoms with van der Waals surface area (Å²) in [4.78, 5) is 25.4. The number of hydrogen-bond donors (Lipinski definition) is 0. The van der Waals surface area contributed by atoms with Gasteiger partial charge in [-0.05, 0) is 38.0 Å². The Balaban J connectivity index is 1.58. The van der Waals surface area contributed by atoms with Crippen molar-refractivity contribution >= 4 is 23.2 Å². The van der Waals surface area contributed by atoms with Crippen molar-refractivity contribution < 1.29 is 14.1 Å². The predicted molar refractivity (Wildman–Crippen MR) is 105 cm³/mol. The first-order chi connectivity index (χ1) is 13.9. The molecule has 1 aliphatic carbocycles. The highest BCUT2D eigenvalue weighted by Crippen LogP contribution is 2.32. The fourth-order valence-electron chi connectivity index (χ4n) is 3.06. The number of carbonyl (C=O) groups excluding carboxylic acids is 1. The summed E-state index contributed by atoms with van der Waals surface area (Å²) in [5.74, 6) is 0.259. The highest BCUT2D eigenvalue weighted by molar-refractivity contribution is 6.33. The molecule has 1 saturated carbocycles. The number of nitro groups is 1. The van der Waals surface area contributed by atoms with Crippen molar-refractivity contribution in [3.05, 3.63) is 74.6 Å². The van der Waals surface area contributed by atoms with Crippen LogP contribution in [0, 0.1) is 17.0 Å². The molecule has 0 spiro atoms. The molecule has 2 aromatic carbocycles. The number of rotatable bonds is 6. The van der Waals surface area contributed by atoms with Crippen molar-refractivity contribution in [2.75, 3.05) is 0 Å². The van der Waals surface area contributed by atoms with Gasteiger partial charge in [-0.2, -0.15) is 0 Å². The monoisotopic (exact) mass is 412 g/mol. The number of nitro benzene ring substituents is 1. The standard InChI is InChI=1S/C20H17ClN4O4/c1-12-6-7-13(10-17(12)25(27)28)20(26)24(14-8-9-14)11-18-22-23-19(29-18)15-4-2-3-5-16(15)21/h2-7,10,14H,8-9,11H2,1H3. The fourth-order valence-corrected chi connectivity index (χ4v) is 3.28. The highest BCUT2D eigenvalue weighted by Gasteiger charge is 2.35. The Bertz CT molecular complexity index is 1090. The van der Waals surface area contributed by atoms with Gasteiger partial charge in [0, 0.05) is 23.2 Å². The van der Waals surface area contributed by atoms with Gasteiger partial charge in [0.2, 0.25) is 11.8 Å². The van der Waals surface area contributed by atoms with Gasteiger partial charge in [0.25, 0.3) is 11.6 Å². The first-order valence-electron chi connectivity index (χ1n) is 9.07. The van der Waals surface area contributed by atoms with Gasteiger partial charge in [-0.1, -0.05) is 29.8 Å². The summed E-state index contributed by atoms with van der Waals surface area (Å²) in [6, 6.07) is 11.7. The molecule has 0 atom stereocenters. The predicted octanol–water partition coefficient (Wildman–Crippen LogP) is 4.41. The molecule has 1 fully saturated rings. The highest BCUT2D eigenvalue weighted by atomic mass is 35.5. The molecule has 1 aromatic heterocycles. The van der Waals surface area contributed by atoms with Crippen molar-refractivity contribution in [1.29, 1.82) is 0 Å². The Labute approximate surface area is 171 Å². The summed E-state index contributed by atoms with van der Waals surface area (Å²) >= 11 is 6.17. The van der Waals surface area contributed by atoms with E-state index in [0.29, 0.717) is 16.1 Å². The van der Waals surface area contributed by atoms with Crippen LogP contribution in [0.5, 0.6) is 0 Å². The summed E-state index contributed by atoms with van der Waals surface area (Å²) in [5.41, 5.74) is 1.31. The van der Waals surface area contributed by atoms with E-state index < -0.39 is 4.92 Å². The summed E-state index contributed by atoms with van der Waals surface area (Å²) in [6.45, 7) is 1.77. The second kappa shape index (κ2) is 7.63. The molecule has 1 heterocycles. The minimum atomic E-state index is -0.485. The van der Waals surface area contributed by atoms with Crippen LogP contribution in [-0.4, -0.2) is 32.0 Å². The van der Waals surface area contributed by atoms with E-state index in [0.717, 1.165) is 12.8 Å². The zero-order chi connectivity index (χ0) is 20.5. The lowest BCUT2D eigenvalue weighted by atomic mass is 10.1. The van der Waals surface area contributed by atoms with Crippen LogP contribution in [0.1, 0.15) is 34.7 Å². The molecular weight excluding hydrogens is 396 g/mol. The van der Waals surface area contributed by atoms with E-state index in [2.05, 4.69) is 10.2 Å². The number of aromatic nitrogens is 2. The first-order valence-corrected chi connectivity index (χ1v) is 9.45. The van der Waals surface area contributed by atoms with Crippen LogP contribution in [0.3, 0.4) is 0 Å². The number of amides is 1. The molecule has 0 unspecified atom stereocenters. The second-order valence-electron chi connectivity index (χ2n) is 6.90. The number of hydrogen-bond acceptors (Lipinski definition) is 6. The lowest BCUT2D eigenvalue weighted by Gasteiger charge is -2.20. The average molecular weight is 413 g/mol. The second-order valence-corrected chi connectivity index (χ2v) is 7.31. The number of nitrogens with zero attached hydrogens (tertiary/aromatic N) is 4. The Hall–Kier alpha value is -3.26. The van der Waals surface area contributed by atoms with Gasteiger partial charge in [-0.15, -0.1) is 10.2 Å². The molecule has 29 heavy (non-hydrogen) atoms. The maximum atomic E-state index is 13.0. The van der Waals surface area contributed by atoms with Crippen LogP contribution in [-0.2, 0) is 6.54 Å². The van der Waals surface area contributed by atoms with Gasteiger partial charge in [0.1, 0.15) is 0 Å². The third-order valence-electron chi connectivity index (χ3n) is 4.78.